The Morgan fingerprint density at radius 1 is 1.05 bits per heavy atom. The molecule has 0 radical (unpaired) electrons. The van der Waals surface area contributed by atoms with Crippen LogP contribution in [0.1, 0.15) is 0 Å². The molecule has 38 heavy (non-hydrogen) atoms. The maximum Gasteiger partial charge on any atom is 0.278 e. The van der Waals surface area contributed by atoms with Gasteiger partial charge in [0.25, 0.3) is 5.56 Å². The zero-order valence-electron chi connectivity index (χ0n) is 20.9. The standard InChI is InChI=1S/C26H26N10OS/c1-3-8-35-24(37)21-15-29-25(30-19-4-6-20(7-5-19)34-11-9-33(2)10-12-34)32-23(21)36(35)26-31-22(16-38-26)18-13-27-17-28-14-18/h3-7,13-17H,1,8-12H2,2H3,(H,29,30,32). The van der Waals surface area contributed by atoms with E-state index in [1.165, 1.54) is 23.4 Å². The molecule has 0 spiro atoms. The number of allylic oxidation sites excluding steroid dienone is 1. The quantitative estimate of drug-likeness (QED) is 0.320. The third-order valence-corrected chi connectivity index (χ3v) is 7.32. The van der Waals surface area contributed by atoms with E-state index >= 15 is 0 Å². The number of anilines is 3. The number of likely N-dealkylation sites (N-methyl/N-ethyl adjacent to an activating group) is 1. The van der Waals surface area contributed by atoms with Crippen molar-refractivity contribution < 1.29 is 0 Å². The summed E-state index contributed by atoms with van der Waals surface area (Å²) in [4.78, 5) is 40.0. The van der Waals surface area contributed by atoms with Crippen LogP contribution in [0.25, 0.3) is 27.4 Å². The first-order valence-corrected chi connectivity index (χ1v) is 13.1. The summed E-state index contributed by atoms with van der Waals surface area (Å²) >= 11 is 1.40. The number of hydrogen-bond donors (Lipinski definition) is 1. The van der Waals surface area contributed by atoms with Crippen LogP contribution in [0.3, 0.4) is 0 Å². The van der Waals surface area contributed by atoms with Gasteiger partial charge in [-0.2, -0.15) is 4.98 Å². The lowest BCUT2D eigenvalue weighted by Crippen LogP contribution is -2.44. The van der Waals surface area contributed by atoms with Crippen molar-refractivity contribution in [2.24, 2.45) is 0 Å². The molecule has 5 heterocycles. The predicted molar refractivity (Wildman–Crippen MR) is 149 cm³/mol. The average Bonchev–Trinajstić information content (AvgIpc) is 3.53. The molecular weight excluding hydrogens is 500 g/mol. The number of hydrogen-bond acceptors (Lipinski definition) is 10. The van der Waals surface area contributed by atoms with Crippen LogP contribution in [0.15, 0.2) is 72.0 Å². The molecule has 0 unspecified atom stereocenters. The predicted octanol–water partition coefficient (Wildman–Crippen LogP) is 3.18. The van der Waals surface area contributed by atoms with Gasteiger partial charge in [-0.05, 0) is 31.3 Å². The summed E-state index contributed by atoms with van der Waals surface area (Å²) in [6.45, 7) is 8.25. The van der Waals surface area contributed by atoms with Crippen molar-refractivity contribution >= 4 is 39.7 Å². The summed E-state index contributed by atoms with van der Waals surface area (Å²) in [6, 6.07) is 8.25. The van der Waals surface area contributed by atoms with Gasteiger partial charge < -0.3 is 15.1 Å². The summed E-state index contributed by atoms with van der Waals surface area (Å²) < 4.78 is 3.28. The maximum absolute atomic E-state index is 13.2. The van der Waals surface area contributed by atoms with Crippen LogP contribution < -0.4 is 15.8 Å². The summed E-state index contributed by atoms with van der Waals surface area (Å²) in [6.07, 6.45) is 8.11. The van der Waals surface area contributed by atoms with Crippen molar-refractivity contribution in [2.75, 3.05) is 43.4 Å². The van der Waals surface area contributed by atoms with Gasteiger partial charge >= 0.3 is 0 Å². The monoisotopic (exact) mass is 526 g/mol. The molecule has 1 aliphatic rings. The number of rotatable bonds is 7. The maximum atomic E-state index is 13.2. The van der Waals surface area contributed by atoms with Gasteiger partial charge in [0.15, 0.2) is 5.65 Å². The summed E-state index contributed by atoms with van der Waals surface area (Å²) in [7, 11) is 2.15. The van der Waals surface area contributed by atoms with Crippen LogP contribution in [0, 0.1) is 0 Å². The van der Waals surface area contributed by atoms with Gasteiger partial charge in [0.1, 0.15) is 11.7 Å². The van der Waals surface area contributed by atoms with Gasteiger partial charge in [0.05, 0.1) is 12.2 Å². The molecule has 0 atom stereocenters. The summed E-state index contributed by atoms with van der Waals surface area (Å²) in [5.41, 5.74) is 3.83. The fourth-order valence-corrected chi connectivity index (χ4v) is 5.29. The zero-order valence-corrected chi connectivity index (χ0v) is 21.7. The van der Waals surface area contributed by atoms with E-state index < -0.39 is 0 Å². The molecule has 1 N–H and O–H groups in total. The lowest BCUT2D eigenvalue weighted by Gasteiger charge is -2.34. The smallest absolute Gasteiger partial charge is 0.278 e. The van der Waals surface area contributed by atoms with E-state index in [0.717, 1.165) is 43.1 Å². The first kappa shape index (κ1) is 23.9. The normalized spacial score (nSPS) is 14.2. The van der Waals surface area contributed by atoms with E-state index in [1.54, 1.807) is 34.0 Å². The number of benzene rings is 1. The fraction of sp³-hybridized carbons (Fsp3) is 0.231. The number of nitrogens with one attached hydrogen (secondary N) is 1. The number of fused-ring (bicyclic) bond motifs is 1. The highest BCUT2D eigenvalue weighted by Gasteiger charge is 2.20. The first-order chi connectivity index (χ1) is 18.6. The van der Waals surface area contributed by atoms with E-state index in [9.17, 15) is 4.79 Å². The topological polar surface area (TPSA) is 110 Å². The van der Waals surface area contributed by atoms with Crippen molar-refractivity contribution in [3.05, 3.63) is 77.6 Å². The molecular formula is C26H26N10OS. The van der Waals surface area contributed by atoms with Gasteiger partial charge in [-0.25, -0.2) is 29.3 Å². The summed E-state index contributed by atoms with van der Waals surface area (Å²) in [5, 5.41) is 6.19. The van der Waals surface area contributed by atoms with Gasteiger partial charge in [-0.3, -0.25) is 4.79 Å². The zero-order chi connectivity index (χ0) is 26.1. The van der Waals surface area contributed by atoms with Gasteiger partial charge in [0, 0.05) is 67.1 Å². The highest BCUT2D eigenvalue weighted by molar-refractivity contribution is 7.12. The number of thiazole rings is 1. The third-order valence-electron chi connectivity index (χ3n) is 6.50. The molecule has 6 rings (SSSR count). The average molecular weight is 527 g/mol. The minimum absolute atomic E-state index is 0.206. The molecule has 11 nitrogen and oxygen atoms in total. The van der Waals surface area contributed by atoms with E-state index in [2.05, 4.69) is 55.8 Å². The lowest BCUT2D eigenvalue weighted by molar-refractivity contribution is 0.313. The molecule has 0 aliphatic carbocycles. The molecule has 0 saturated carbocycles. The minimum Gasteiger partial charge on any atom is -0.369 e. The van der Waals surface area contributed by atoms with Crippen LogP contribution in [-0.2, 0) is 6.54 Å². The van der Waals surface area contributed by atoms with Crippen LogP contribution in [-0.4, -0.2) is 72.4 Å². The van der Waals surface area contributed by atoms with Crippen molar-refractivity contribution in [3.8, 4) is 16.4 Å². The molecule has 5 aromatic rings. The van der Waals surface area contributed by atoms with Crippen LogP contribution >= 0.6 is 11.3 Å². The van der Waals surface area contributed by atoms with Gasteiger partial charge in [-0.15, -0.1) is 17.9 Å². The Bertz CT molecular complexity index is 1630. The molecule has 1 aromatic carbocycles. The Balaban J connectivity index is 1.33. The number of piperazine rings is 1. The Kier molecular flexibility index (Phi) is 6.40. The van der Waals surface area contributed by atoms with E-state index in [0.29, 0.717) is 28.7 Å². The van der Waals surface area contributed by atoms with E-state index in [1.807, 2.05) is 17.5 Å². The molecule has 4 aromatic heterocycles. The summed E-state index contributed by atoms with van der Waals surface area (Å²) in [5.74, 6) is 0.391. The molecule has 1 fully saturated rings. The van der Waals surface area contributed by atoms with E-state index in [-0.39, 0.29) is 5.56 Å². The van der Waals surface area contributed by atoms with Crippen molar-refractivity contribution in [1.29, 1.82) is 0 Å². The van der Waals surface area contributed by atoms with Gasteiger partial charge in [0.2, 0.25) is 11.1 Å². The first-order valence-electron chi connectivity index (χ1n) is 12.2. The molecule has 1 aliphatic heterocycles. The lowest BCUT2D eigenvalue weighted by atomic mass is 10.2. The Morgan fingerprint density at radius 2 is 1.82 bits per heavy atom. The van der Waals surface area contributed by atoms with Crippen LogP contribution in [0.5, 0.6) is 0 Å². The minimum atomic E-state index is -0.206. The van der Waals surface area contributed by atoms with Gasteiger partial charge in [-0.1, -0.05) is 6.08 Å². The third kappa shape index (κ3) is 4.55. The molecule has 12 heteroatoms. The van der Waals surface area contributed by atoms with Crippen LogP contribution in [0.4, 0.5) is 17.3 Å². The Hall–Kier alpha value is -4.42. The van der Waals surface area contributed by atoms with Crippen molar-refractivity contribution in [1.82, 2.24) is 39.2 Å². The largest absolute Gasteiger partial charge is 0.369 e. The SMILES string of the molecule is C=CCn1c(=O)c2cnc(Nc3ccc(N4CCN(C)CC4)cc3)nc2n1-c1nc(-c2cncnc2)cs1. The number of aromatic nitrogens is 7. The molecule has 1 saturated heterocycles. The highest BCUT2D eigenvalue weighted by atomic mass is 32.1. The fourth-order valence-electron chi connectivity index (χ4n) is 4.45. The van der Waals surface area contributed by atoms with E-state index in [4.69, 9.17) is 9.97 Å². The second kappa shape index (κ2) is 10.1. The Morgan fingerprint density at radius 3 is 2.55 bits per heavy atom. The number of nitrogens with zero attached hydrogens (tertiary/aromatic N) is 9. The Labute approximate surface area is 222 Å². The molecule has 192 valence electrons. The second-order valence-corrected chi connectivity index (χ2v) is 9.86. The highest BCUT2D eigenvalue weighted by Crippen LogP contribution is 2.26. The van der Waals surface area contributed by atoms with Crippen molar-refractivity contribution in [3.63, 3.8) is 0 Å². The second-order valence-electron chi connectivity index (χ2n) is 9.02. The molecule has 0 bridgehead atoms. The molecule has 0 amide bonds. The van der Waals surface area contributed by atoms with Crippen molar-refractivity contribution in [2.45, 2.75) is 6.54 Å². The van der Waals surface area contributed by atoms with Crippen LogP contribution in [0.2, 0.25) is 0 Å².